The number of thioether (sulfide) groups is 1. The minimum Gasteiger partial charge on any atom is -0.379 e. The van der Waals surface area contributed by atoms with Gasteiger partial charge in [-0.05, 0) is 31.2 Å². The summed E-state index contributed by atoms with van der Waals surface area (Å²) < 4.78 is 59.2. The molecule has 192 valence electrons. The second-order valence-electron chi connectivity index (χ2n) is 7.95. The van der Waals surface area contributed by atoms with E-state index in [9.17, 15) is 27.2 Å². The first-order valence-electron chi connectivity index (χ1n) is 10.9. The van der Waals surface area contributed by atoms with Gasteiger partial charge in [0.05, 0.1) is 29.5 Å². The molecule has 0 saturated carbocycles. The second-order valence-corrected chi connectivity index (χ2v) is 9.00. The molecule has 1 saturated heterocycles. The number of hydrogen-bond acceptors (Lipinski definition) is 8. The van der Waals surface area contributed by atoms with Gasteiger partial charge in [0.25, 0.3) is 11.8 Å². The molecule has 2 aliphatic rings. The van der Waals surface area contributed by atoms with Crippen LogP contribution in [-0.4, -0.2) is 66.1 Å². The number of primary amides is 1. The van der Waals surface area contributed by atoms with E-state index in [-0.39, 0.29) is 16.3 Å². The summed E-state index contributed by atoms with van der Waals surface area (Å²) >= 11 is 0.909. The van der Waals surface area contributed by atoms with Crippen molar-refractivity contribution in [2.75, 3.05) is 44.7 Å². The van der Waals surface area contributed by atoms with Crippen molar-refractivity contribution in [3.05, 3.63) is 52.3 Å². The third-order valence-electron chi connectivity index (χ3n) is 5.46. The lowest BCUT2D eigenvalue weighted by atomic mass is 10.1. The first-order chi connectivity index (χ1) is 17.1. The highest BCUT2D eigenvalue weighted by molar-refractivity contribution is 8.04. The summed E-state index contributed by atoms with van der Waals surface area (Å²) in [6.07, 6.45) is -3.21. The number of ether oxygens (including phenoxy) is 1. The van der Waals surface area contributed by atoms with E-state index in [1.54, 1.807) is 0 Å². The Labute approximate surface area is 207 Å². The lowest BCUT2D eigenvalue weighted by molar-refractivity contribution is -0.141. The summed E-state index contributed by atoms with van der Waals surface area (Å²) in [6, 6.07) is 3.04. The molecular weight excluding hydrogens is 504 g/mol. The van der Waals surface area contributed by atoms with Crippen LogP contribution >= 0.6 is 11.8 Å². The van der Waals surface area contributed by atoms with Gasteiger partial charge in [0.15, 0.2) is 5.82 Å². The first kappa shape index (κ1) is 25.9. The van der Waals surface area contributed by atoms with Gasteiger partial charge in [-0.2, -0.15) is 13.2 Å². The topological polar surface area (TPSA) is 122 Å². The predicted molar refractivity (Wildman–Crippen MR) is 123 cm³/mol. The normalized spacial score (nSPS) is 17.3. The van der Waals surface area contributed by atoms with E-state index >= 15 is 0 Å². The van der Waals surface area contributed by atoms with Crippen LogP contribution in [0.2, 0.25) is 0 Å². The van der Waals surface area contributed by atoms with Crippen molar-refractivity contribution in [3.8, 4) is 0 Å². The van der Waals surface area contributed by atoms with Crippen LogP contribution in [-0.2, 0) is 15.7 Å². The van der Waals surface area contributed by atoms with E-state index in [1.165, 1.54) is 6.07 Å². The Hall–Kier alpha value is -3.23. The number of benzene rings is 1. The molecule has 0 radical (unpaired) electrons. The number of fused-ring (bicyclic) bond motifs is 1. The quantitative estimate of drug-likeness (QED) is 0.286. The number of nitrogens with two attached hydrogens (primary N) is 1. The summed E-state index contributed by atoms with van der Waals surface area (Å²) in [5.41, 5.74) is 3.80. The molecule has 1 aromatic carbocycles. The number of aromatic nitrogens is 2. The van der Waals surface area contributed by atoms with E-state index in [0.29, 0.717) is 37.1 Å². The van der Waals surface area contributed by atoms with Crippen molar-refractivity contribution in [1.82, 2.24) is 20.2 Å². The standard InChI is InChI=1S/C22H22F4N6O3S/c23-13-11-14-15(10-12(13)20(34)29-3-1-5-32-6-8-35-9-7-32)36-21(30-14)17(18(27)33)19-28-4-2-16(31-19)22(24,25)26/h2,4,10-11,30H,1,3,5-9H2,(H2,27,33)(H,29,34)/b21-17-. The zero-order chi connectivity index (χ0) is 25.9. The molecule has 36 heavy (non-hydrogen) atoms. The number of nitrogens with one attached hydrogen (secondary N) is 2. The SMILES string of the molecule is NC(=O)/C(=C1\Nc2cc(F)c(C(=O)NCCCN3CCOCC3)cc2S1)c1nccc(C(F)(F)F)n1. The summed E-state index contributed by atoms with van der Waals surface area (Å²) in [4.78, 5) is 34.4. The van der Waals surface area contributed by atoms with Crippen LogP contribution in [0.5, 0.6) is 0 Å². The van der Waals surface area contributed by atoms with Gasteiger partial charge in [-0.25, -0.2) is 14.4 Å². The number of rotatable bonds is 7. The third kappa shape index (κ3) is 5.94. The predicted octanol–water partition coefficient (Wildman–Crippen LogP) is 2.46. The van der Waals surface area contributed by atoms with Crippen LogP contribution in [0.15, 0.2) is 34.3 Å². The number of carbonyl (C=O) groups is 2. The van der Waals surface area contributed by atoms with E-state index < -0.39 is 40.9 Å². The molecular formula is C22H22F4N6O3S. The van der Waals surface area contributed by atoms with Crippen LogP contribution in [0.25, 0.3) is 5.57 Å². The smallest absolute Gasteiger partial charge is 0.379 e. The van der Waals surface area contributed by atoms with Crippen LogP contribution in [0.4, 0.5) is 23.2 Å². The first-order valence-corrected chi connectivity index (χ1v) is 11.8. The fourth-order valence-corrected chi connectivity index (χ4v) is 4.74. The van der Waals surface area contributed by atoms with Gasteiger partial charge in [-0.15, -0.1) is 0 Å². The number of alkyl halides is 3. The fraction of sp³-hybridized carbons (Fsp3) is 0.364. The Kier molecular flexibility index (Phi) is 7.76. The fourth-order valence-electron chi connectivity index (χ4n) is 3.67. The van der Waals surface area contributed by atoms with E-state index in [0.717, 1.165) is 43.7 Å². The molecule has 2 aromatic rings. The highest BCUT2D eigenvalue weighted by atomic mass is 32.2. The second kappa shape index (κ2) is 10.8. The van der Waals surface area contributed by atoms with Crippen molar-refractivity contribution >= 4 is 34.8 Å². The van der Waals surface area contributed by atoms with Crippen molar-refractivity contribution in [1.29, 1.82) is 0 Å². The molecule has 0 atom stereocenters. The van der Waals surface area contributed by atoms with Gasteiger partial charge in [0, 0.05) is 30.7 Å². The zero-order valence-corrected chi connectivity index (χ0v) is 19.6. The largest absolute Gasteiger partial charge is 0.433 e. The number of amides is 2. The molecule has 14 heteroatoms. The molecule has 9 nitrogen and oxygen atoms in total. The Morgan fingerprint density at radius 3 is 2.69 bits per heavy atom. The molecule has 4 N–H and O–H groups in total. The minimum absolute atomic E-state index is 0.0271. The molecule has 1 aromatic heterocycles. The van der Waals surface area contributed by atoms with Crippen molar-refractivity contribution in [3.63, 3.8) is 0 Å². The van der Waals surface area contributed by atoms with Crippen molar-refractivity contribution in [2.24, 2.45) is 5.73 Å². The number of hydrogen-bond donors (Lipinski definition) is 3. The Morgan fingerprint density at radius 1 is 1.25 bits per heavy atom. The molecule has 0 bridgehead atoms. The maximum absolute atomic E-state index is 14.7. The molecule has 3 heterocycles. The highest BCUT2D eigenvalue weighted by Crippen LogP contribution is 2.44. The molecule has 2 amide bonds. The van der Waals surface area contributed by atoms with E-state index in [2.05, 4.69) is 25.5 Å². The van der Waals surface area contributed by atoms with Gasteiger partial charge in [0.1, 0.15) is 17.1 Å². The maximum atomic E-state index is 14.7. The van der Waals surface area contributed by atoms with Crippen molar-refractivity contribution < 1.29 is 31.9 Å². The average Bonchev–Trinajstić information content (AvgIpc) is 3.23. The van der Waals surface area contributed by atoms with E-state index in [4.69, 9.17) is 10.5 Å². The third-order valence-corrected chi connectivity index (χ3v) is 6.53. The molecule has 0 spiro atoms. The van der Waals surface area contributed by atoms with Crippen LogP contribution < -0.4 is 16.4 Å². The van der Waals surface area contributed by atoms with Gasteiger partial charge < -0.3 is 21.1 Å². The van der Waals surface area contributed by atoms with Gasteiger partial charge in [-0.3, -0.25) is 14.5 Å². The average molecular weight is 527 g/mol. The number of anilines is 1. The number of morpholine rings is 1. The Balaban J connectivity index is 1.49. The highest BCUT2D eigenvalue weighted by Gasteiger charge is 2.34. The van der Waals surface area contributed by atoms with Gasteiger partial charge in [-0.1, -0.05) is 11.8 Å². The van der Waals surface area contributed by atoms with Gasteiger partial charge >= 0.3 is 6.18 Å². The van der Waals surface area contributed by atoms with Crippen LogP contribution in [0, 0.1) is 5.82 Å². The minimum atomic E-state index is -4.75. The lowest BCUT2D eigenvalue weighted by Crippen LogP contribution is -2.38. The molecule has 1 fully saturated rings. The Morgan fingerprint density at radius 2 is 2.00 bits per heavy atom. The molecule has 0 unspecified atom stereocenters. The number of nitrogens with zero attached hydrogens (tertiary/aromatic N) is 3. The number of carbonyl (C=O) groups excluding carboxylic acids is 2. The van der Waals surface area contributed by atoms with E-state index in [1.807, 2.05) is 0 Å². The molecule has 0 aliphatic carbocycles. The molecule has 4 rings (SSSR count). The monoisotopic (exact) mass is 526 g/mol. The molecule has 2 aliphatic heterocycles. The summed E-state index contributed by atoms with van der Waals surface area (Å²) in [7, 11) is 0. The maximum Gasteiger partial charge on any atom is 0.433 e. The summed E-state index contributed by atoms with van der Waals surface area (Å²) in [5, 5.41) is 5.48. The number of halogens is 4. The summed E-state index contributed by atoms with van der Waals surface area (Å²) in [5.74, 6) is -3.01. The van der Waals surface area contributed by atoms with Crippen LogP contribution in [0.3, 0.4) is 0 Å². The lowest BCUT2D eigenvalue weighted by Gasteiger charge is -2.26. The van der Waals surface area contributed by atoms with Crippen LogP contribution in [0.1, 0.15) is 28.3 Å². The zero-order valence-electron chi connectivity index (χ0n) is 18.8. The summed E-state index contributed by atoms with van der Waals surface area (Å²) in [6.45, 7) is 4.12. The van der Waals surface area contributed by atoms with Gasteiger partial charge in [0.2, 0.25) is 0 Å². The van der Waals surface area contributed by atoms with Crippen molar-refractivity contribution in [2.45, 2.75) is 17.5 Å². The Bertz CT molecular complexity index is 1200.